The van der Waals surface area contributed by atoms with Gasteiger partial charge in [-0.2, -0.15) is 13.2 Å². The van der Waals surface area contributed by atoms with Crippen molar-refractivity contribution in [3.05, 3.63) is 64.3 Å². The van der Waals surface area contributed by atoms with Crippen molar-refractivity contribution in [2.45, 2.75) is 19.5 Å². The second-order valence-electron chi connectivity index (χ2n) is 6.11. The number of hydrogen-bond donors (Lipinski definition) is 2. The average Bonchev–Trinajstić information content (AvgIpc) is 3.10. The quantitative estimate of drug-likeness (QED) is 0.609. The van der Waals surface area contributed by atoms with Crippen LogP contribution in [0.15, 0.2) is 42.7 Å². The summed E-state index contributed by atoms with van der Waals surface area (Å²) < 4.78 is 39.2. The Bertz CT molecular complexity index is 985. The molecule has 3 rings (SSSR count). The summed E-state index contributed by atoms with van der Waals surface area (Å²) in [4.78, 5) is 18.6. The summed E-state index contributed by atoms with van der Waals surface area (Å²) in [5, 5.41) is 12.2. The van der Waals surface area contributed by atoms with E-state index in [0.717, 1.165) is 18.1 Å². The Morgan fingerprint density at radius 1 is 1.18 bits per heavy atom. The summed E-state index contributed by atoms with van der Waals surface area (Å²) in [5.74, 6) is -1.16. The van der Waals surface area contributed by atoms with Gasteiger partial charge in [0.15, 0.2) is 0 Å². The highest BCUT2D eigenvalue weighted by molar-refractivity contribution is 7.17. The lowest BCUT2D eigenvalue weighted by molar-refractivity contribution is -0.137. The summed E-state index contributed by atoms with van der Waals surface area (Å²) in [6.07, 6.45) is -2.76. The van der Waals surface area contributed by atoms with Gasteiger partial charge >= 0.3 is 12.1 Å². The normalized spacial score (nSPS) is 11.4. The lowest BCUT2D eigenvalue weighted by Crippen LogP contribution is -2.09. The molecule has 9 heteroatoms. The van der Waals surface area contributed by atoms with Crippen LogP contribution in [-0.4, -0.2) is 27.6 Å². The third-order valence-corrected chi connectivity index (χ3v) is 5.14. The van der Waals surface area contributed by atoms with E-state index in [9.17, 15) is 18.0 Å². The maximum absolute atomic E-state index is 13.1. The van der Waals surface area contributed by atoms with Crippen molar-refractivity contribution < 1.29 is 23.1 Å². The number of aromatic nitrogens is 2. The number of nitrogens with zero attached hydrogens (tertiary/aromatic N) is 2. The van der Waals surface area contributed by atoms with Gasteiger partial charge in [-0.05, 0) is 25.0 Å². The minimum atomic E-state index is -4.75. The molecule has 0 bridgehead atoms. The third-order valence-electron chi connectivity index (χ3n) is 3.99. The number of carbonyl (C=O) groups is 1. The van der Waals surface area contributed by atoms with Crippen LogP contribution >= 0.6 is 11.3 Å². The van der Waals surface area contributed by atoms with Crippen LogP contribution in [0.4, 0.5) is 19.0 Å². The van der Waals surface area contributed by atoms with Gasteiger partial charge in [-0.1, -0.05) is 29.8 Å². The predicted molar refractivity (Wildman–Crippen MR) is 101 cm³/mol. The van der Waals surface area contributed by atoms with Gasteiger partial charge in [0.1, 0.15) is 17.0 Å². The van der Waals surface area contributed by atoms with Gasteiger partial charge < -0.3 is 10.4 Å². The number of carboxylic acid groups (broad SMARTS) is 1. The first-order valence-corrected chi connectivity index (χ1v) is 9.12. The first-order chi connectivity index (χ1) is 13.2. The highest BCUT2D eigenvalue weighted by Gasteiger charge is 2.37. The summed E-state index contributed by atoms with van der Waals surface area (Å²) in [6, 6.07) is 10.4. The summed E-state index contributed by atoms with van der Waals surface area (Å²) in [7, 11) is 0. The molecule has 0 aliphatic heterocycles. The first-order valence-electron chi connectivity index (χ1n) is 8.30. The lowest BCUT2D eigenvalue weighted by Gasteiger charge is -2.07. The van der Waals surface area contributed by atoms with Crippen LogP contribution in [0.1, 0.15) is 26.4 Å². The number of rotatable bonds is 6. The second-order valence-corrected chi connectivity index (χ2v) is 7.16. The largest absolute Gasteiger partial charge is 0.477 e. The van der Waals surface area contributed by atoms with Gasteiger partial charge in [0.05, 0.1) is 16.1 Å². The Hall–Kier alpha value is -2.94. The molecule has 0 spiro atoms. The number of benzene rings is 1. The van der Waals surface area contributed by atoms with Crippen LogP contribution in [-0.2, 0) is 12.6 Å². The molecular formula is C19H16F3N3O2S. The molecule has 0 unspecified atom stereocenters. The fraction of sp³-hybridized carbons (Fsp3) is 0.211. The Kier molecular flexibility index (Phi) is 5.64. The molecule has 0 saturated carbocycles. The zero-order valence-electron chi connectivity index (χ0n) is 14.7. The topological polar surface area (TPSA) is 75.1 Å². The van der Waals surface area contributed by atoms with Crippen molar-refractivity contribution in [1.82, 2.24) is 9.97 Å². The molecule has 2 heterocycles. The van der Waals surface area contributed by atoms with E-state index in [1.807, 2.05) is 31.2 Å². The van der Waals surface area contributed by atoms with E-state index in [1.54, 1.807) is 0 Å². The number of alkyl halides is 3. The molecule has 1 aromatic carbocycles. The number of carboxylic acids is 1. The van der Waals surface area contributed by atoms with Crippen molar-refractivity contribution >= 4 is 23.1 Å². The average molecular weight is 407 g/mol. The van der Waals surface area contributed by atoms with E-state index in [0.29, 0.717) is 23.7 Å². The minimum absolute atomic E-state index is 0.119. The second kappa shape index (κ2) is 7.97. The molecule has 2 N–H and O–H groups in total. The van der Waals surface area contributed by atoms with Crippen LogP contribution in [0, 0.1) is 6.92 Å². The van der Waals surface area contributed by atoms with Crippen LogP contribution < -0.4 is 5.32 Å². The molecule has 0 aliphatic carbocycles. The summed E-state index contributed by atoms with van der Waals surface area (Å²) in [5.41, 5.74) is 1.38. The van der Waals surface area contributed by atoms with Crippen molar-refractivity contribution in [2.24, 2.45) is 0 Å². The van der Waals surface area contributed by atoms with Crippen LogP contribution in [0.25, 0.3) is 10.6 Å². The van der Waals surface area contributed by atoms with E-state index < -0.39 is 22.6 Å². The van der Waals surface area contributed by atoms with Gasteiger partial charge in [-0.25, -0.2) is 14.8 Å². The molecule has 0 saturated heterocycles. The highest BCUT2D eigenvalue weighted by Crippen LogP contribution is 2.40. The molecule has 2 aromatic heterocycles. The van der Waals surface area contributed by atoms with Crippen molar-refractivity contribution in [2.75, 3.05) is 11.9 Å². The van der Waals surface area contributed by atoms with Gasteiger partial charge in [-0.15, -0.1) is 11.3 Å². The number of halogens is 3. The zero-order chi connectivity index (χ0) is 20.3. The molecule has 0 atom stereocenters. The van der Waals surface area contributed by atoms with E-state index in [1.165, 1.54) is 18.0 Å². The molecule has 0 aliphatic rings. The zero-order valence-corrected chi connectivity index (χ0v) is 15.6. The van der Waals surface area contributed by atoms with Gasteiger partial charge in [-0.3, -0.25) is 0 Å². The van der Waals surface area contributed by atoms with Crippen molar-refractivity contribution in [1.29, 1.82) is 0 Å². The molecule has 0 radical (unpaired) electrons. The Morgan fingerprint density at radius 2 is 1.89 bits per heavy atom. The van der Waals surface area contributed by atoms with Crippen molar-refractivity contribution in [3.63, 3.8) is 0 Å². The monoisotopic (exact) mass is 407 g/mol. The van der Waals surface area contributed by atoms with E-state index in [4.69, 9.17) is 5.11 Å². The standard InChI is InChI=1S/C19H16F3N3O2S/c1-11-2-4-12(5-3-11)6-7-23-16-9-14(24-10-25-16)15-8-13(19(20,21)22)17(28-15)18(26)27/h2-5,8-10H,6-7H2,1H3,(H,26,27)(H,23,24,25). The van der Waals surface area contributed by atoms with E-state index >= 15 is 0 Å². The Balaban J connectivity index is 1.76. The van der Waals surface area contributed by atoms with Crippen LogP contribution in [0.2, 0.25) is 0 Å². The Labute approximate surface area is 162 Å². The van der Waals surface area contributed by atoms with E-state index in [2.05, 4.69) is 15.3 Å². The SMILES string of the molecule is Cc1ccc(CCNc2cc(-c3cc(C(F)(F)F)c(C(=O)O)s3)ncn2)cc1. The Morgan fingerprint density at radius 3 is 2.50 bits per heavy atom. The van der Waals surface area contributed by atoms with E-state index in [-0.39, 0.29) is 10.6 Å². The molecular weight excluding hydrogens is 391 g/mol. The van der Waals surface area contributed by atoms with Crippen LogP contribution in [0.5, 0.6) is 0 Å². The fourth-order valence-corrected chi connectivity index (χ4v) is 3.55. The number of thiophene rings is 1. The maximum Gasteiger partial charge on any atom is 0.418 e. The maximum atomic E-state index is 13.1. The molecule has 146 valence electrons. The summed E-state index contributed by atoms with van der Waals surface area (Å²) >= 11 is 0.541. The number of nitrogens with one attached hydrogen (secondary N) is 1. The van der Waals surface area contributed by atoms with Gasteiger partial charge in [0, 0.05) is 12.6 Å². The number of aryl methyl sites for hydroxylation is 1. The predicted octanol–water partition coefficient (Wildman–Crippen LogP) is 4.89. The third kappa shape index (κ3) is 4.66. The van der Waals surface area contributed by atoms with Crippen molar-refractivity contribution in [3.8, 4) is 10.6 Å². The number of anilines is 1. The molecule has 0 fully saturated rings. The molecule has 3 aromatic rings. The first kappa shape index (κ1) is 19.8. The number of aromatic carboxylic acids is 1. The summed E-state index contributed by atoms with van der Waals surface area (Å²) in [6.45, 7) is 2.59. The number of hydrogen-bond acceptors (Lipinski definition) is 5. The van der Waals surface area contributed by atoms with Gasteiger partial charge in [0.2, 0.25) is 0 Å². The molecule has 5 nitrogen and oxygen atoms in total. The molecule has 28 heavy (non-hydrogen) atoms. The lowest BCUT2D eigenvalue weighted by atomic mass is 10.1. The smallest absolute Gasteiger partial charge is 0.418 e. The minimum Gasteiger partial charge on any atom is -0.477 e. The fourth-order valence-electron chi connectivity index (χ4n) is 2.57. The van der Waals surface area contributed by atoms with Gasteiger partial charge in [0.25, 0.3) is 0 Å². The molecule has 0 amide bonds. The highest BCUT2D eigenvalue weighted by atomic mass is 32.1. The van der Waals surface area contributed by atoms with Crippen LogP contribution in [0.3, 0.4) is 0 Å².